The number of aryl methyl sites for hydroxylation is 1. The number of sulfonamides is 1. The number of anilines is 1. The van der Waals surface area contributed by atoms with Crippen LogP contribution in [0.25, 0.3) is 0 Å². The number of piperazine rings is 1. The zero-order valence-corrected chi connectivity index (χ0v) is 17.5. The fourth-order valence-corrected chi connectivity index (χ4v) is 5.76. The van der Waals surface area contributed by atoms with Crippen molar-refractivity contribution < 1.29 is 8.42 Å². The van der Waals surface area contributed by atoms with E-state index >= 15 is 0 Å². The standard InChI is InChI=1S/C17H17BrCl2N2O2S/c1-12-2-4-13(5-3-12)21-6-8-22(9-7-21)25(23,24)17-11-16(20)15(19)10-14(17)18/h2-5,10-11H,6-9H2,1H3. The molecule has 3 rings (SSSR count). The molecule has 134 valence electrons. The number of benzene rings is 2. The highest BCUT2D eigenvalue weighted by Gasteiger charge is 2.30. The van der Waals surface area contributed by atoms with E-state index in [1.54, 1.807) is 0 Å². The maximum absolute atomic E-state index is 12.9. The van der Waals surface area contributed by atoms with Crippen LogP contribution in [0.5, 0.6) is 0 Å². The Labute approximate surface area is 166 Å². The SMILES string of the molecule is Cc1ccc(N2CCN(S(=O)(=O)c3cc(Cl)c(Cl)cc3Br)CC2)cc1. The van der Waals surface area contributed by atoms with E-state index in [-0.39, 0.29) is 9.92 Å². The zero-order valence-electron chi connectivity index (χ0n) is 13.5. The molecule has 1 saturated heterocycles. The molecule has 0 N–H and O–H groups in total. The summed E-state index contributed by atoms with van der Waals surface area (Å²) in [6.07, 6.45) is 0. The number of nitrogens with zero attached hydrogens (tertiary/aromatic N) is 2. The van der Waals surface area contributed by atoms with Gasteiger partial charge >= 0.3 is 0 Å². The third-order valence-electron chi connectivity index (χ3n) is 4.23. The maximum Gasteiger partial charge on any atom is 0.244 e. The minimum Gasteiger partial charge on any atom is -0.369 e. The molecule has 0 bridgehead atoms. The fourth-order valence-electron chi connectivity index (χ4n) is 2.78. The molecule has 1 fully saturated rings. The van der Waals surface area contributed by atoms with Gasteiger partial charge in [0.2, 0.25) is 10.0 Å². The van der Waals surface area contributed by atoms with Crippen LogP contribution in [-0.2, 0) is 10.0 Å². The lowest BCUT2D eigenvalue weighted by atomic mass is 10.2. The lowest BCUT2D eigenvalue weighted by Gasteiger charge is -2.35. The molecule has 0 radical (unpaired) electrons. The van der Waals surface area contributed by atoms with Crippen molar-refractivity contribution in [3.63, 3.8) is 0 Å². The summed E-state index contributed by atoms with van der Waals surface area (Å²) in [6.45, 7) is 4.16. The lowest BCUT2D eigenvalue weighted by Crippen LogP contribution is -2.48. The number of hydrogen-bond donors (Lipinski definition) is 0. The highest BCUT2D eigenvalue weighted by Crippen LogP contribution is 2.33. The van der Waals surface area contributed by atoms with Crippen LogP contribution in [0.15, 0.2) is 45.8 Å². The number of halogens is 3. The smallest absolute Gasteiger partial charge is 0.244 e. The molecule has 0 aliphatic carbocycles. The summed E-state index contributed by atoms with van der Waals surface area (Å²) in [7, 11) is -3.63. The molecule has 8 heteroatoms. The summed E-state index contributed by atoms with van der Waals surface area (Å²) in [4.78, 5) is 2.33. The summed E-state index contributed by atoms with van der Waals surface area (Å²) in [6, 6.07) is 11.2. The molecule has 0 unspecified atom stereocenters. The van der Waals surface area contributed by atoms with Crippen LogP contribution >= 0.6 is 39.1 Å². The van der Waals surface area contributed by atoms with E-state index < -0.39 is 10.0 Å². The summed E-state index contributed by atoms with van der Waals surface area (Å²) in [5.74, 6) is 0. The highest BCUT2D eigenvalue weighted by atomic mass is 79.9. The molecule has 0 atom stereocenters. The molecule has 0 spiro atoms. The van der Waals surface area contributed by atoms with E-state index in [0.717, 1.165) is 5.69 Å². The van der Waals surface area contributed by atoms with Gasteiger partial charge in [-0.25, -0.2) is 8.42 Å². The first-order valence-corrected chi connectivity index (χ1v) is 10.7. The normalized spacial score (nSPS) is 16.2. The van der Waals surface area contributed by atoms with Crippen molar-refractivity contribution in [3.8, 4) is 0 Å². The minimum atomic E-state index is -3.63. The van der Waals surface area contributed by atoms with Gasteiger partial charge in [-0.05, 0) is 47.1 Å². The predicted molar refractivity (Wildman–Crippen MR) is 106 cm³/mol. The topological polar surface area (TPSA) is 40.6 Å². The van der Waals surface area contributed by atoms with Crippen LogP contribution in [0.4, 0.5) is 5.69 Å². The second-order valence-corrected chi connectivity index (χ2v) is 9.50. The molecule has 1 aliphatic rings. The first-order chi connectivity index (χ1) is 11.8. The monoisotopic (exact) mass is 462 g/mol. The van der Waals surface area contributed by atoms with Crippen molar-refractivity contribution in [3.05, 3.63) is 56.5 Å². The molecule has 2 aromatic carbocycles. The van der Waals surface area contributed by atoms with E-state index in [1.165, 1.54) is 22.0 Å². The van der Waals surface area contributed by atoms with Crippen molar-refractivity contribution in [1.82, 2.24) is 4.31 Å². The third kappa shape index (κ3) is 3.98. The molecule has 0 amide bonds. The summed E-state index contributed by atoms with van der Waals surface area (Å²) in [5.41, 5.74) is 2.31. The summed E-state index contributed by atoms with van der Waals surface area (Å²) >= 11 is 15.2. The van der Waals surface area contributed by atoms with E-state index in [9.17, 15) is 8.42 Å². The van der Waals surface area contributed by atoms with E-state index in [4.69, 9.17) is 23.2 Å². The Kier molecular flexibility index (Phi) is 5.66. The fraction of sp³-hybridized carbons (Fsp3) is 0.294. The van der Waals surface area contributed by atoms with Crippen LogP contribution in [0.3, 0.4) is 0 Å². The van der Waals surface area contributed by atoms with Gasteiger partial charge in [0.05, 0.1) is 14.9 Å². The Balaban J connectivity index is 1.78. The Bertz CT molecular complexity index is 880. The lowest BCUT2D eigenvalue weighted by molar-refractivity contribution is 0.384. The van der Waals surface area contributed by atoms with Gasteiger partial charge < -0.3 is 4.90 Å². The van der Waals surface area contributed by atoms with Crippen LogP contribution in [0, 0.1) is 6.92 Å². The molecular weight excluding hydrogens is 447 g/mol. The Morgan fingerprint density at radius 1 is 0.960 bits per heavy atom. The van der Waals surface area contributed by atoms with E-state index in [1.807, 2.05) is 6.92 Å². The molecular formula is C17H17BrCl2N2O2S. The molecule has 25 heavy (non-hydrogen) atoms. The van der Waals surface area contributed by atoms with Crippen LogP contribution in [0.2, 0.25) is 10.0 Å². The van der Waals surface area contributed by atoms with Crippen LogP contribution in [0.1, 0.15) is 5.56 Å². The van der Waals surface area contributed by atoms with Crippen molar-refractivity contribution in [2.24, 2.45) is 0 Å². The van der Waals surface area contributed by atoms with Gasteiger partial charge in [0.25, 0.3) is 0 Å². The molecule has 0 aromatic heterocycles. The van der Waals surface area contributed by atoms with Crippen LogP contribution in [-0.4, -0.2) is 38.9 Å². The minimum absolute atomic E-state index is 0.144. The summed E-state index contributed by atoms with van der Waals surface area (Å²) < 4.78 is 27.8. The molecule has 1 heterocycles. The average Bonchev–Trinajstić information content (AvgIpc) is 2.59. The first kappa shape index (κ1) is 19.0. The molecule has 4 nitrogen and oxygen atoms in total. The number of rotatable bonds is 3. The average molecular weight is 464 g/mol. The predicted octanol–water partition coefficient (Wildman–Crippen LogP) is 4.58. The zero-order chi connectivity index (χ0) is 18.2. The highest BCUT2D eigenvalue weighted by molar-refractivity contribution is 9.10. The quantitative estimate of drug-likeness (QED) is 0.625. The Morgan fingerprint density at radius 2 is 1.52 bits per heavy atom. The van der Waals surface area contributed by atoms with Gasteiger partial charge in [-0.2, -0.15) is 4.31 Å². The van der Waals surface area contributed by atoms with Gasteiger partial charge in [-0.15, -0.1) is 0 Å². The molecule has 1 aliphatic heterocycles. The second-order valence-electron chi connectivity index (χ2n) is 5.92. The van der Waals surface area contributed by atoms with Gasteiger partial charge in [0, 0.05) is 36.3 Å². The largest absolute Gasteiger partial charge is 0.369 e. The maximum atomic E-state index is 12.9. The van der Waals surface area contributed by atoms with Crippen molar-refractivity contribution >= 4 is 54.8 Å². The Hall–Kier alpha value is -0.790. The van der Waals surface area contributed by atoms with Crippen molar-refractivity contribution in [1.29, 1.82) is 0 Å². The molecule has 2 aromatic rings. The van der Waals surface area contributed by atoms with Gasteiger partial charge in [-0.3, -0.25) is 0 Å². The van der Waals surface area contributed by atoms with Gasteiger partial charge in [-0.1, -0.05) is 40.9 Å². The molecule has 0 saturated carbocycles. The Morgan fingerprint density at radius 3 is 2.12 bits per heavy atom. The third-order valence-corrected chi connectivity index (χ3v) is 7.81. The second kappa shape index (κ2) is 7.45. The van der Waals surface area contributed by atoms with Crippen LogP contribution < -0.4 is 4.90 Å². The van der Waals surface area contributed by atoms with Gasteiger partial charge in [0.1, 0.15) is 0 Å². The van der Waals surface area contributed by atoms with E-state index in [2.05, 4.69) is 45.1 Å². The van der Waals surface area contributed by atoms with Gasteiger partial charge in [0.15, 0.2) is 0 Å². The summed E-state index contributed by atoms with van der Waals surface area (Å²) in [5, 5.41) is 0.540. The first-order valence-electron chi connectivity index (χ1n) is 7.75. The van der Waals surface area contributed by atoms with Crippen molar-refractivity contribution in [2.45, 2.75) is 11.8 Å². The number of hydrogen-bond acceptors (Lipinski definition) is 3. The van der Waals surface area contributed by atoms with Crippen molar-refractivity contribution in [2.75, 3.05) is 31.1 Å². The van der Waals surface area contributed by atoms with E-state index in [0.29, 0.717) is 35.7 Å².